The van der Waals surface area contributed by atoms with Gasteiger partial charge in [0.15, 0.2) is 0 Å². The molecule has 0 saturated carbocycles. The molecule has 104 valence electrons. The first-order valence-corrected chi connectivity index (χ1v) is 8.00. The molecule has 2 N–H and O–H groups in total. The van der Waals surface area contributed by atoms with E-state index in [1.54, 1.807) is 0 Å². The van der Waals surface area contributed by atoms with Gasteiger partial charge in [0.2, 0.25) is 0 Å². The SMILES string of the molecule is CCC1CCN(C(=O)c2ccccc2I)C(CN)C1. The summed E-state index contributed by atoms with van der Waals surface area (Å²) in [5.41, 5.74) is 6.67. The molecule has 1 saturated heterocycles. The maximum Gasteiger partial charge on any atom is 0.255 e. The van der Waals surface area contributed by atoms with Gasteiger partial charge >= 0.3 is 0 Å². The number of rotatable bonds is 3. The maximum absolute atomic E-state index is 12.7. The van der Waals surface area contributed by atoms with Crippen molar-refractivity contribution in [2.45, 2.75) is 32.2 Å². The third kappa shape index (κ3) is 3.28. The summed E-state index contributed by atoms with van der Waals surface area (Å²) >= 11 is 2.22. The Hall–Kier alpha value is -0.620. The topological polar surface area (TPSA) is 46.3 Å². The highest BCUT2D eigenvalue weighted by molar-refractivity contribution is 14.1. The molecular weight excluding hydrogens is 351 g/mol. The first kappa shape index (κ1) is 14.8. The van der Waals surface area contributed by atoms with Crippen molar-refractivity contribution < 1.29 is 4.79 Å². The van der Waals surface area contributed by atoms with Crippen LogP contribution in [0.3, 0.4) is 0 Å². The quantitative estimate of drug-likeness (QED) is 0.830. The molecule has 19 heavy (non-hydrogen) atoms. The lowest BCUT2D eigenvalue weighted by Crippen LogP contribution is -2.49. The average molecular weight is 372 g/mol. The Balaban J connectivity index is 2.17. The van der Waals surface area contributed by atoms with E-state index < -0.39 is 0 Å². The highest BCUT2D eigenvalue weighted by Gasteiger charge is 2.31. The van der Waals surface area contributed by atoms with Gasteiger partial charge < -0.3 is 10.6 Å². The first-order valence-electron chi connectivity index (χ1n) is 6.93. The van der Waals surface area contributed by atoms with Crippen molar-refractivity contribution in [1.82, 2.24) is 4.90 Å². The zero-order chi connectivity index (χ0) is 13.8. The zero-order valence-electron chi connectivity index (χ0n) is 11.3. The monoisotopic (exact) mass is 372 g/mol. The molecule has 0 aliphatic carbocycles. The van der Waals surface area contributed by atoms with Gasteiger partial charge in [-0.2, -0.15) is 0 Å². The van der Waals surface area contributed by atoms with Gasteiger partial charge in [0.05, 0.1) is 5.56 Å². The minimum atomic E-state index is 0.134. The molecule has 4 heteroatoms. The zero-order valence-corrected chi connectivity index (χ0v) is 13.5. The van der Waals surface area contributed by atoms with Gasteiger partial charge in [-0.25, -0.2) is 0 Å². The van der Waals surface area contributed by atoms with Gasteiger partial charge in [0, 0.05) is 22.7 Å². The van der Waals surface area contributed by atoms with Gasteiger partial charge in [-0.3, -0.25) is 4.79 Å². The number of carbonyl (C=O) groups is 1. The molecule has 0 aromatic heterocycles. The van der Waals surface area contributed by atoms with Crippen LogP contribution in [0.5, 0.6) is 0 Å². The number of hydrogen-bond acceptors (Lipinski definition) is 2. The van der Waals surface area contributed by atoms with Crippen LogP contribution < -0.4 is 5.73 Å². The van der Waals surface area contributed by atoms with Crippen molar-refractivity contribution in [2.24, 2.45) is 11.7 Å². The number of amides is 1. The van der Waals surface area contributed by atoms with Crippen LogP contribution >= 0.6 is 22.6 Å². The third-order valence-electron chi connectivity index (χ3n) is 4.04. The fourth-order valence-corrected chi connectivity index (χ4v) is 3.40. The molecule has 1 aromatic rings. The molecule has 1 fully saturated rings. The lowest BCUT2D eigenvalue weighted by molar-refractivity contribution is 0.0557. The molecule has 1 aliphatic heterocycles. The van der Waals surface area contributed by atoms with Crippen LogP contribution in [0.2, 0.25) is 0 Å². The summed E-state index contributed by atoms with van der Waals surface area (Å²) in [6.45, 7) is 3.62. The lowest BCUT2D eigenvalue weighted by Gasteiger charge is -2.39. The predicted octanol–water partition coefficient (Wildman–Crippen LogP) is 2.88. The van der Waals surface area contributed by atoms with E-state index in [1.165, 1.54) is 6.42 Å². The van der Waals surface area contributed by atoms with Crippen LogP contribution in [0.25, 0.3) is 0 Å². The Morgan fingerprint density at radius 2 is 2.21 bits per heavy atom. The van der Waals surface area contributed by atoms with Crippen LogP contribution in [-0.2, 0) is 0 Å². The minimum absolute atomic E-state index is 0.134. The smallest absolute Gasteiger partial charge is 0.255 e. The van der Waals surface area contributed by atoms with Crippen molar-refractivity contribution in [3.63, 3.8) is 0 Å². The van der Waals surface area contributed by atoms with Gasteiger partial charge in [0.1, 0.15) is 0 Å². The molecule has 0 radical (unpaired) electrons. The molecule has 3 nitrogen and oxygen atoms in total. The normalized spacial score (nSPS) is 23.4. The number of carbonyl (C=O) groups excluding carboxylic acids is 1. The molecule has 0 spiro atoms. The Bertz CT molecular complexity index is 450. The Labute approximate surface area is 128 Å². The van der Waals surface area contributed by atoms with Crippen molar-refractivity contribution >= 4 is 28.5 Å². The number of nitrogens with two attached hydrogens (primary N) is 1. The number of piperidine rings is 1. The van der Waals surface area contributed by atoms with E-state index in [1.807, 2.05) is 29.2 Å². The Kier molecular flexibility index (Phi) is 5.21. The highest BCUT2D eigenvalue weighted by atomic mass is 127. The number of halogens is 1. The average Bonchev–Trinajstić information content (AvgIpc) is 2.46. The summed E-state index contributed by atoms with van der Waals surface area (Å²) in [6.07, 6.45) is 3.33. The van der Waals surface area contributed by atoms with E-state index in [4.69, 9.17) is 5.73 Å². The molecule has 2 rings (SSSR count). The van der Waals surface area contributed by atoms with Gasteiger partial charge in [-0.15, -0.1) is 0 Å². The van der Waals surface area contributed by atoms with E-state index in [2.05, 4.69) is 29.5 Å². The predicted molar refractivity (Wildman–Crippen MR) is 86.1 cm³/mol. The molecular formula is C15H21IN2O. The van der Waals surface area contributed by atoms with Crippen LogP contribution in [0.15, 0.2) is 24.3 Å². The third-order valence-corrected chi connectivity index (χ3v) is 4.98. The lowest BCUT2D eigenvalue weighted by atomic mass is 9.88. The maximum atomic E-state index is 12.7. The fourth-order valence-electron chi connectivity index (χ4n) is 2.79. The number of likely N-dealkylation sites (tertiary alicyclic amines) is 1. The van der Waals surface area contributed by atoms with Crippen LogP contribution in [0, 0.1) is 9.49 Å². The van der Waals surface area contributed by atoms with E-state index in [0.29, 0.717) is 12.5 Å². The molecule has 2 unspecified atom stereocenters. The van der Waals surface area contributed by atoms with Crippen LogP contribution in [-0.4, -0.2) is 29.9 Å². The highest BCUT2D eigenvalue weighted by Crippen LogP contribution is 2.27. The molecule has 1 aliphatic rings. The molecule has 1 heterocycles. The van der Waals surface area contributed by atoms with Crippen LogP contribution in [0.4, 0.5) is 0 Å². The van der Waals surface area contributed by atoms with Crippen LogP contribution in [0.1, 0.15) is 36.5 Å². The summed E-state index contributed by atoms with van der Waals surface area (Å²) in [4.78, 5) is 14.6. The number of nitrogens with zero attached hydrogens (tertiary/aromatic N) is 1. The summed E-state index contributed by atoms with van der Waals surface area (Å²) in [5.74, 6) is 0.849. The van der Waals surface area contributed by atoms with E-state index in [9.17, 15) is 4.79 Å². The van der Waals surface area contributed by atoms with Gasteiger partial charge in [0.25, 0.3) is 5.91 Å². The molecule has 2 atom stereocenters. The van der Waals surface area contributed by atoms with Gasteiger partial charge in [-0.1, -0.05) is 25.5 Å². The summed E-state index contributed by atoms with van der Waals surface area (Å²) in [7, 11) is 0. The summed E-state index contributed by atoms with van der Waals surface area (Å²) < 4.78 is 1.01. The molecule has 1 aromatic carbocycles. The molecule has 0 bridgehead atoms. The minimum Gasteiger partial charge on any atom is -0.334 e. The standard InChI is InChI=1S/C15H21IN2O/c1-2-11-7-8-18(12(9-11)10-17)15(19)13-5-3-4-6-14(13)16/h3-6,11-12H,2,7-10,17H2,1H3. The second kappa shape index (κ2) is 6.70. The summed E-state index contributed by atoms with van der Waals surface area (Å²) in [6, 6.07) is 7.96. The van der Waals surface area contributed by atoms with Crippen molar-refractivity contribution in [2.75, 3.05) is 13.1 Å². The van der Waals surface area contributed by atoms with Crippen molar-refractivity contribution in [3.05, 3.63) is 33.4 Å². The fraction of sp³-hybridized carbons (Fsp3) is 0.533. The van der Waals surface area contributed by atoms with E-state index >= 15 is 0 Å². The molecule has 1 amide bonds. The Morgan fingerprint density at radius 3 is 2.84 bits per heavy atom. The number of hydrogen-bond donors (Lipinski definition) is 1. The largest absolute Gasteiger partial charge is 0.334 e. The number of benzene rings is 1. The summed E-state index contributed by atoms with van der Waals surface area (Å²) in [5, 5.41) is 0. The van der Waals surface area contributed by atoms with Gasteiger partial charge in [-0.05, 0) is 53.5 Å². The Morgan fingerprint density at radius 1 is 1.47 bits per heavy atom. The van der Waals surface area contributed by atoms with Crippen molar-refractivity contribution in [3.8, 4) is 0 Å². The van der Waals surface area contributed by atoms with E-state index in [0.717, 1.165) is 28.5 Å². The van der Waals surface area contributed by atoms with Crippen molar-refractivity contribution in [1.29, 1.82) is 0 Å². The second-order valence-corrected chi connectivity index (χ2v) is 6.33. The second-order valence-electron chi connectivity index (χ2n) is 5.17. The van der Waals surface area contributed by atoms with E-state index in [-0.39, 0.29) is 11.9 Å². The first-order chi connectivity index (χ1) is 9.17.